The second-order valence-electron chi connectivity index (χ2n) is 12.9. The lowest BCUT2D eigenvalue weighted by atomic mass is 9.53. The quantitative estimate of drug-likeness (QED) is 0.371. The molecule has 0 aromatic heterocycles. The fraction of sp³-hybridized carbons (Fsp3) is 0.576. The van der Waals surface area contributed by atoms with E-state index in [1.54, 1.807) is 0 Å². The lowest BCUT2D eigenvalue weighted by Gasteiger charge is -2.57. The Labute approximate surface area is 242 Å². The molecule has 2 N–H and O–H groups in total. The molecule has 3 atom stereocenters. The van der Waals surface area contributed by atoms with Crippen molar-refractivity contribution < 1.29 is 28.8 Å². The van der Waals surface area contributed by atoms with Crippen LogP contribution in [-0.2, 0) is 37.1 Å². The van der Waals surface area contributed by atoms with E-state index in [0.717, 1.165) is 48.6 Å². The van der Waals surface area contributed by atoms with Crippen molar-refractivity contribution in [1.29, 1.82) is 0 Å². The van der Waals surface area contributed by atoms with Crippen molar-refractivity contribution in [3.63, 3.8) is 0 Å². The number of nitrogens with one attached hydrogen (secondary N) is 2. The van der Waals surface area contributed by atoms with Crippen LogP contribution >= 0.6 is 0 Å². The Bertz CT molecular complexity index is 1160. The van der Waals surface area contributed by atoms with Crippen molar-refractivity contribution in [2.24, 2.45) is 29.6 Å². The molecule has 1 heterocycles. The third-order valence-electron chi connectivity index (χ3n) is 9.33. The van der Waals surface area contributed by atoms with E-state index in [9.17, 15) is 9.59 Å². The largest absolute Gasteiger partial charge is 0.445 e. The van der Waals surface area contributed by atoms with Gasteiger partial charge in [-0.15, -0.1) is 0 Å². The number of carbonyl (C=O) groups is 2. The number of amides is 2. The van der Waals surface area contributed by atoms with Gasteiger partial charge >= 0.3 is 6.09 Å². The predicted octanol–water partition coefficient (Wildman–Crippen LogP) is 5.51. The minimum Gasteiger partial charge on any atom is -0.445 e. The van der Waals surface area contributed by atoms with Crippen molar-refractivity contribution >= 4 is 12.0 Å². The van der Waals surface area contributed by atoms with Gasteiger partial charge in [-0.3, -0.25) is 4.79 Å². The third kappa shape index (κ3) is 6.30. The molecule has 1 spiro atoms. The maximum atomic E-state index is 13.7. The van der Waals surface area contributed by atoms with Crippen molar-refractivity contribution in [3.05, 3.63) is 71.8 Å². The van der Waals surface area contributed by atoms with Crippen molar-refractivity contribution in [3.8, 4) is 0 Å². The molecule has 0 unspecified atom stereocenters. The zero-order valence-electron chi connectivity index (χ0n) is 24.0. The van der Waals surface area contributed by atoms with E-state index in [0.29, 0.717) is 24.7 Å². The van der Waals surface area contributed by atoms with E-state index in [1.165, 1.54) is 6.42 Å². The molecular weight excluding hydrogens is 520 g/mol. The summed E-state index contributed by atoms with van der Waals surface area (Å²) in [4.78, 5) is 38.5. The highest BCUT2D eigenvalue weighted by molar-refractivity contribution is 5.85. The lowest BCUT2D eigenvalue weighted by Crippen LogP contribution is -2.59. The van der Waals surface area contributed by atoms with Gasteiger partial charge in [0.25, 0.3) is 0 Å². The van der Waals surface area contributed by atoms with Gasteiger partial charge in [0.15, 0.2) is 0 Å². The minimum absolute atomic E-state index is 0.131. The molecule has 2 aromatic carbocycles. The van der Waals surface area contributed by atoms with Gasteiger partial charge in [0.05, 0.1) is 6.04 Å². The van der Waals surface area contributed by atoms with E-state index < -0.39 is 30.3 Å². The van der Waals surface area contributed by atoms with Gasteiger partial charge in [-0.05, 0) is 73.8 Å². The molecule has 4 aliphatic carbocycles. The van der Waals surface area contributed by atoms with E-state index in [1.807, 2.05) is 74.5 Å². The smallest absolute Gasteiger partial charge is 0.408 e. The molecule has 7 rings (SSSR count). The Morgan fingerprint density at radius 2 is 1.49 bits per heavy atom. The number of hydrogen-bond acceptors (Lipinski definition) is 6. The highest BCUT2D eigenvalue weighted by Gasteiger charge is 2.64. The van der Waals surface area contributed by atoms with Crippen LogP contribution in [0.3, 0.4) is 0 Å². The summed E-state index contributed by atoms with van der Waals surface area (Å²) in [7, 11) is 0. The molecule has 5 fully saturated rings. The number of benzene rings is 2. The molecule has 4 saturated carbocycles. The van der Waals surface area contributed by atoms with Crippen molar-refractivity contribution in [2.75, 3.05) is 0 Å². The average Bonchev–Trinajstić information content (AvgIpc) is 3.41. The maximum Gasteiger partial charge on any atom is 0.408 e. The van der Waals surface area contributed by atoms with Crippen LogP contribution in [0.5, 0.6) is 0 Å². The van der Waals surface area contributed by atoms with Crippen LogP contribution in [0.25, 0.3) is 0 Å². The van der Waals surface area contributed by atoms with Crippen molar-refractivity contribution in [2.45, 2.75) is 89.6 Å². The van der Waals surface area contributed by atoms with Crippen LogP contribution in [0.15, 0.2) is 60.7 Å². The Morgan fingerprint density at radius 1 is 0.878 bits per heavy atom. The van der Waals surface area contributed by atoms with Gasteiger partial charge < -0.3 is 20.1 Å². The zero-order chi connectivity index (χ0) is 28.4. The number of ether oxygens (including phenoxy) is 2. The summed E-state index contributed by atoms with van der Waals surface area (Å²) in [5, 5.41) is 5.95. The van der Waals surface area contributed by atoms with E-state index in [2.05, 4.69) is 10.6 Å². The molecule has 220 valence electrons. The normalized spacial score (nSPS) is 31.2. The molecule has 0 radical (unpaired) electrons. The zero-order valence-corrected chi connectivity index (χ0v) is 24.0. The molecule has 41 heavy (non-hydrogen) atoms. The monoisotopic (exact) mass is 562 g/mol. The topological polar surface area (TPSA) is 95.1 Å². The summed E-state index contributed by atoms with van der Waals surface area (Å²) >= 11 is 0. The fourth-order valence-electron chi connectivity index (χ4n) is 7.64. The van der Waals surface area contributed by atoms with Gasteiger partial charge in [0.2, 0.25) is 18.0 Å². The van der Waals surface area contributed by atoms with Gasteiger partial charge in [0, 0.05) is 11.8 Å². The molecule has 8 heteroatoms. The van der Waals surface area contributed by atoms with Gasteiger partial charge in [-0.25, -0.2) is 4.79 Å². The SMILES string of the molecule is CC(C)C[C@H](NC(=O)OCc1ccccc1)C(=O)N[C@@H](Cc1ccccc1)[C@H]1OOC2(O1)C1CC3CC(C1)CC2C3. The first-order valence-corrected chi connectivity index (χ1v) is 15.2. The van der Waals surface area contributed by atoms with E-state index in [4.69, 9.17) is 19.2 Å². The summed E-state index contributed by atoms with van der Waals surface area (Å²) in [6.45, 7) is 4.17. The molecule has 2 aromatic rings. The fourth-order valence-corrected chi connectivity index (χ4v) is 7.64. The highest BCUT2D eigenvalue weighted by atomic mass is 17.3. The van der Waals surface area contributed by atoms with E-state index >= 15 is 0 Å². The Hall–Kier alpha value is -2.94. The number of hydrogen-bond donors (Lipinski definition) is 2. The minimum atomic E-state index is -0.769. The van der Waals surface area contributed by atoms with Gasteiger partial charge in [-0.1, -0.05) is 74.5 Å². The molecular formula is C33H42N2O6. The second-order valence-corrected chi connectivity index (χ2v) is 12.9. The molecule has 1 aliphatic heterocycles. The first kappa shape index (κ1) is 28.2. The lowest BCUT2D eigenvalue weighted by molar-refractivity contribution is -0.383. The van der Waals surface area contributed by atoms with Crippen LogP contribution in [0.1, 0.15) is 63.5 Å². The summed E-state index contributed by atoms with van der Waals surface area (Å²) in [6, 6.07) is 18.2. The Balaban J connectivity index is 1.15. The van der Waals surface area contributed by atoms with Crippen LogP contribution in [0, 0.1) is 29.6 Å². The summed E-state index contributed by atoms with van der Waals surface area (Å²) in [5.41, 5.74) is 1.93. The molecule has 8 nitrogen and oxygen atoms in total. The standard InChI is InChI=1S/C33H42N2O6/c1-21(2)13-28(35-32(37)38-20-23-11-7-4-8-12-23)30(36)34-29(19-22-9-5-3-6-10-22)31-39-33(41-40-31)26-15-24-14-25(17-26)18-27(33)16-24/h3-12,21,24-29,31H,13-20H2,1-2H3,(H,34,36)(H,35,37)/t24?,25?,26?,27?,28-,29-,31+,33?/m0/s1. The molecule has 2 amide bonds. The van der Waals surface area contributed by atoms with Crippen LogP contribution in [-0.4, -0.2) is 36.2 Å². The van der Waals surface area contributed by atoms with E-state index in [-0.39, 0.29) is 18.4 Å². The summed E-state index contributed by atoms with van der Waals surface area (Å²) in [6.07, 6.45) is 5.38. The Morgan fingerprint density at radius 3 is 2.10 bits per heavy atom. The first-order valence-electron chi connectivity index (χ1n) is 15.2. The molecule has 1 saturated heterocycles. The molecule has 4 bridgehead atoms. The molecule has 5 aliphatic rings. The highest BCUT2D eigenvalue weighted by Crippen LogP contribution is 2.61. The number of carbonyl (C=O) groups excluding carboxylic acids is 2. The predicted molar refractivity (Wildman–Crippen MR) is 152 cm³/mol. The number of alkyl carbamates (subject to hydrolysis) is 1. The Kier molecular flexibility index (Phi) is 8.33. The van der Waals surface area contributed by atoms with Crippen molar-refractivity contribution in [1.82, 2.24) is 10.6 Å². The van der Waals surface area contributed by atoms with Crippen LogP contribution in [0.4, 0.5) is 4.79 Å². The first-order chi connectivity index (χ1) is 19.9. The summed E-state index contributed by atoms with van der Waals surface area (Å²) in [5.74, 6) is 1.32. The van der Waals surface area contributed by atoms with Crippen LogP contribution < -0.4 is 10.6 Å². The van der Waals surface area contributed by atoms with Gasteiger partial charge in [-0.2, -0.15) is 9.78 Å². The third-order valence-corrected chi connectivity index (χ3v) is 9.33. The second kappa shape index (κ2) is 12.1. The van der Waals surface area contributed by atoms with Crippen LogP contribution in [0.2, 0.25) is 0 Å². The summed E-state index contributed by atoms with van der Waals surface area (Å²) < 4.78 is 12.1. The van der Waals surface area contributed by atoms with Gasteiger partial charge in [0.1, 0.15) is 12.6 Å². The number of rotatable bonds is 10. The maximum absolute atomic E-state index is 13.7. The average molecular weight is 563 g/mol.